The molecule has 0 fully saturated rings. The predicted octanol–water partition coefficient (Wildman–Crippen LogP) is -0.726. The molecular formula is C7F13NaO5. The van der Waals surface area contributed by atoms with Crippen LogP contribution in [0.15, 0.2) is 0 Å². The van der Waals surface area contributed by atoms with E-state index in [9.17, 15) is 67.0 Å². The number of carbonyl (C=O) groups excluding carboxylic acids is 1. The van der Waals surface area contributed by atoms with E-state index in [0.29, 0.717) is 0 Å². The van der Waals surface area contributed by atoms with Crippen LogP contribution in [0.3, 0.4) is 0 Å². The van der Waals surface area contributed by atoms with Gasteiger partial charge in [-0.15, -0.1) is 13.2 Å². The maximum absolute atomic E-state index is 12.7. The van der Waals surface area contributed by atoms with E-state index in [1.807, 2.05) is 0 Å². The normalized spacial score (nSPS) is 14.8. The van der Waals surface area contributed by atoms with Gasteiger partial charge in [0.15, 0.2) is 0 Å². The minimum Gasteiger partial charge on any atom is -0.542 e. The molecule has 0 saturated carbocycles. The van der Waals surface area contributed by atoms with Crippen molar-refractivity contribution in [3.05, 3.63) is 0 Å². The molecule has 0 amide bonds. The van der Waals surface area contributed by atoms with Crippen molar-refractivity contribution in [1.29, 1.82) is 0 Å². The van der Waals surface area contributed by atoms with Gasteiger partial charge in [0.25, 0.3) is 0 Å². The Balaban J connectivity index is 0. The average molecular weight is 434 g/mol. The number of rotatable bonds is 8. The summed E-state index contributed by atoms with van der Waals surface area (Å²) in [5, 5.41) is 9.61. The Bertz CT molecular complexity index is 504. The Hall–Kier alpha value is -0.560. The first-order valence-corrected chi connectivity index (χ1v) is 4.84. The van der Waals surface area contributed by atoms with Gasteiger partial charge in [-0.1, -0.05) is 0 Å². The van der Waals surface area contributed by atoms with Gasteiger partial charge in [0.2, 0.25) is 0 Å². The summed E-state index contributed by atoms with van der Waals surface area (Å²) < 4.78 is 164. The fourth-order valence-corrected chi connectivity index (χ4v) is 0.747. The van der Waals surface area contributed by atoms with Crippen molar-refractivity contribution >= 4 is 5.97 Å². The van der Waals surface area contributed by atoms with E-state index in [4.69, 9.17) is 0 Å². The molecule has 0 unspecified atom stereocenters. The second-order valence-electron chi connectivity index (χ2n) is 3.62. The van der Waals surface area contributed by atoms with Gasteiger partial charge in [0, 0.05) is 0 Å². The second kappa shape index (κ2) is 7.82. The van der Waals surface area contributed by atoms with Crippen molar-refractivity contribution in [1.82, 2.24) is 0 Å². The molecule has 5 nitrogen and oxygen atoms in total. The number of hydrogen-bond acceptors (Lipinski definition) is 5. The fraction of sp³-hybridized carbons (Fsp3) is 0.857. The standard InChI is InChI=1S/C7HF13O5.Na/c8-2(9,1(21)22)23-3(10,11)4(12,13)24-5(14,15)6(16,17)25-7(18,19)20;/h(H,21,22);/q;+1/p-1. The van der Waals surface area contributed by atoms with Gasteiger partial charge in [0.1, 0.15) is 5.97 Å². The van der Waals surface area contributed by atoms with Crippen molar-refractivity contribution in [2.75, 3.05) is 0 Å². The molecule has 150 valence electrons. The Morgan fingerprint density at radius 1 is 0.577 bits per heavy atom. The number of aliphatic carboxylic acids is 1. The first-order chi connectivity index (χ1) is 10.6. The van der Waals surface area contributed by atoms with Crippen LogP contribution < -0.4 is 34.7 Å². The van der Waals surface area contributed by atoms with Crippen LogP contribution in [0.2, 0.25) is 0 Å². The molecule has 0 saturated heterocycles. The van der Waals surface area contributed by atoms with Crippen molar-refractivity contribution in [2.45, 2.75) is 36.9 Å². The summed E-state index contributed by atoms with van der Waals surface area (Å²) in [5.74, 6) is -3.89. The van der Waals surface area contributed by atoms with Crippen LogP contribution in [-0.4, -0.2) is 42.9 Å². The molecule has 0 aromatic heterocycles. The SMILES string of the molecule is O=C([O-])C(F)(F)OC(F)(F)C(F)(F)OC(F)(F)C(F)(F)OC(F)(F)F.[Na+]. The molecule has 0 heterocycles. The van der Waals surface area contributed by atoms with Crippen molar-refractivity contribution in [2.24, 2.45) is 0 Å². The average Bonchev–Trinajstić information content (AvgIpc) is 2.21. The van der Waals surface area contributed by atoms with E-state index >= 15 is 0 Å². The molecule has 0 N–H and O–H groups in total. The maximum atomic E-state index is 12.7. The first-order valence-electron chi connectivity index (χ1n) is 4.84. The largest absolute Gasteiger partial charge is 1.00 e. The second-order valence-corrected chi connectivity index (χ2v) is 3.62. The Morgan fingerprint density at radius 3 is 1.12 bits per heavy atom. The zero-order valence-corrected chi connectivity index (χ0v) is 13.5. The summed E-state index contributed by atoms with van der Waals surface area (Å²) in [7, 11) is 0. The van der Waals surface area contributed by atoms with Crippen molar-refractivity contribution in [3.63, 3.8) is 0 Å². The number of halogens is 13. The van der Waals surface area contributed by atoms with Crippen molar-refractivity contribution in [3.8, 4) is 0 Å². The molecule has 0 aromatic rings. The monoisotopic (exact) mass is 434 g/mol. The molecule has 0 bridgehead atoms. The minimum atomic E-state index is -7.20. The molecule has 0 aliphatic heterocycles. The predicted molar refractivity (Wildman–Crippen MR) is 39.1 cm³/mol. The molecule has 19 heteroatoms. The summed E-state index contributed by atoms with van der Waals surface area (Å²) in [6.07, 6.45) is -41.4. The van der Waals surface area contributed by atoms with Gasteiger partial charge in [-0.3, -0.25) is 0 Å². The molecule has 0 radical (unpaired) electrons. The number of carbonyl (C=O) groups is 1. The smallest absolute Gasteiger partial charge is 0.542 e. The molecule has 0 rings (SSSR count). The molecule has 26 heavy (non-hydrogen) atoms. The van der Waals surface area contributed by atoms with E-state index in [1.165, 1.54) is 9.47 Å². The van der Waals surface area contributed by atoms with Gasteiger partial charge >= 0.3 is 66.5 Å². The summed E-state index contributed by atoms with van der Waals surface area (Å²) in [4.78, 5) is 9.61. The Labute approximate surface area is 154 Å². The first kappa shape index (κ1) is 27.7. The van der Waals surface area contributed by atoms with Crippen LogP contribution in [0, 0.1) is 0 Å². The van der Waals surface area contributed by atoms with Gasteiger partial charge in [-0.25, -0.2) is 14.2 Å². The summed E-state index contributed by atoms with van der Waals surface area (Å²) in [6.45, 7) is 0. The molecule has 0 aliphatic carbocycles. The number of hydrogen-bond donors (Lipinski definition) is 0. The number of carboxylic acids is 1. The molecule has 0 atom stereocenters. The summed E-state index contributed by atoms with van der Waals surface area (Å²) >= 11 is 0. The van der Waals surface area contributed by atoms with E-state index < -0.39 is 42.9 Å². The van der Waals surface area contributed by atoms with E-state index in [0.717, 1.165) is 0 Å². The zero-order chi connectivity index (χ0) is 20.7. The number of ether oxygens (including phenoxy) is 3. The van der Waals surface area contributed by atoms with Gasteiger partial charge in [0.05, 0.1) is 0 Å². The third-order valence-corrected chi connectivity index (χ3v) is 1.67. The maximum Gasteiger partial charge on any atom is 1.00 e. The van der Waals surface area contributed by atoms with Crippen molar-refractivity contribution < 1.29 is 111 Å². The number of carboxylic acid groups (broad SMARTS) is 1. The third-order valence-electron chi connectivity index (χ3n) is 1.67. The quantitative estimate of drug-likeness (QED) is 0.373. The van der Waals surface area contributed by atoms with Crippen LogP contribution in [0.1, 0.15) is 0 Å². The van der Waals surface area contributed by atoms with Crippen LogP contribution in [0.4, 0.5) is 57.1 Å². The summed E-state index contributed by atoms with van der Waals surface area (Å²) in [6, 6.07) is 0. The van der Waals surface area contributed by atoms with E-state index in [-0.39, 0.29) is 29.6 Å². The Morgan fingerprint density at radius 2 is 0.846 bits per heavy atom. The van der Waals surface area contributed by atoms with E-state index in [2.05, 4.69) is 0 Å². The molecule has 0 aliphatic rings. The fourth-order valence-electron chi connectivity index (χ4n) is 0.747. The van der Waals surface area contributed by atoms with Gasteiger partial charge in [-0.05, 0) is 0 Å². The van der Waals surface area contributed by atoms with Crippen LogP contribution in [0.5, 0.6) is 0 Å². The van der Waals surface area contributed by atoms with Crippen LogP contribution in [0.25, 0.3) is 0 Å². The summed E-state index contributed by atoms with van der Waals surface area (Å²) in [5.41, 5.74) is 0. The van der Waals surface area contributed by atoms with E-state index in [1.54, 1.807) is 4.74 Å². The molecule has 0 spiro atoms. The topological polar surface area (TPSA) is 67.8 Å². The van der Waals surface area contributed by atoms with Gasteiger partial charge in [-0.2, -0.15) is 43.9 Å². The van der Waals surface area contributed by atoms with Crippen LogP contribution in [-0.2, 0) is 19.0 Å². The zero-order valence-electron chi connectivity index (χ0n) is 11.5. The van der Waals surface area contributed by atoms with Gasteiger partial charge < -0.3 is 9.90 Å². The van der Waals surface area contributed by atoms with Crippen LogP contribution >= 0.6 is 0 Å². The third kappa shape index (κ3) is 6.87. The molecular weight excluding hydrogens is 434 g/mol. The minimum absolute atomic E-state index is 0. The number of alkyl halides is 13. The molecule has 0 aromatic carbocycles. The Kier molecular flexibility index (Phi) is 8.32.